The van der Waals surface area contributed by atoms with Crippen LogP contribution in [0, 0.1) is 0 Å². The number of amides is 1. The summed E-state index contributed by atoms with van der Waals surface area (Å²) in [6, 6.07) is 24.0. The molecule has 7 heteroatoms. The number of anilines is 2. The van der Waals surface area contributed by atoms with E-state index in [0.29, 0.717) is 28.6 Å². The van der Waals surface area contributed by atoms with E-state index in [9.17, 15) is 4.79 Å². The molecule has 32 heavy (non-hydrogen) atoms. The highest BCUT2D eigenvalue weighted by atomic mass is 16.5. The predicted molar refractivity (Wildman–Crippen MR) is 124 cm³/mol. The highest BCUT2D eigenvalue weighted by Crippen LogP contribution is 2.34. The van der Waals surface area contributed by atoms with Gasteiger partial charge in [-0.25, -0.2) is 4.98 Å². The number of nitrogens with one attached hydrogen (secondary N) is 1. The Labute approximate surface area is 185 Å². The Morgan fingerprint density at radius 1 is 0.906 bits per heavy atom. The van der Waals surface area contributed by atoms with Gasteiger partial charge in [-0.1, -0.05) is 43.0 Å². The Morgan fingerprint density at radius 2 is 1.62 bits per heavy atom. The van der Waals surface area contributed by atoms with E-state index in [2.05, 4.69) is 21.9 Å². The summed E-state index contributed by atoms with van der Waals surface area (Å²) in [5.41, 5.74) is 7.85. The Balaban J connectivity index is 1.58. The highest BCUT2D eigenvalue weighted by Gasteiger charge is 2.12. The van der Waals surface area contributed by atoms with Gasteiger partial charge in [-0.15, -0.1) is 0 Å². The topological polar surface area (TPSA) is 99.4 Å². The maximum absolute atomic E-state index is 11.6. The monoisotopic (exact) mass is 424 g/mol. The molecule has 0 spiro atoms. The standard InChI is InChI=1S/C25H20N4O3/c1-2-23(30)28-18-7-6-10-21(15-18)32-24-22(16-27-25(26)29-24)17-11-13-20(14-12-17)31-19-8-4-3-5-9-19/h2-16H,1H2,(H,28,30)(H2,26,27,29). The van der Waals surface area contributed by atoms with Crippen molar-refractivity contribution < 1.29 is 14.3 Å². The van der Waals surface area contributed by atoms with Gasteiger partial charge in [-0.05, 0) is 48.0 Å². The summed E-state index contributed by atoms with van der Waals surface area (Å²) >= 11 is 0. The molecule has 0 aliphatic rings. The first kappa shape index (κ1) is 20.6. The molecule has 1 aromatic heterocycles. The minimum absolute atomic E-state index is 0.0869. The van der Waals surface area contributed by atoms with E-state index >= 15 is 0 Å². The number of ether oxygens (including phenoxy) is 2. The average molecular weight is 424 g/mol. The molecule has 0 saturated heterocycles. The van der Waals surface area contributed by atoms with Crippen LogP contribution in [-0.2, 0) is 4.79 Å². The lowest BCUT2D eigenvalue weighted by molar-refractivity contribution is -0.111. The van der Waals surface area contributed by atoms with E-state index in [1.807, 2.05) is 54.6 Å². The van der Waals surface area contributed by atoms with Crippen LogP contribution in [-0.4, -0.2) is 15.9 Å². The molecule has 1 heterocycles. The van der Waals surface area contributed by atoms with Gasteiger partial charge >= 0.3 is 0 Å². The second-order valence-electron chi connectivity index (χ2n) is 6.71. The maximum Gasteiger partial charge on any atom is 0.247 e. The van der Waals surface area contributed by atoms with Crippen molar-refractivity contribution >= 4 is 17.5 Å². The lowest BCUT2D eigenvalue weighted by atomic mass is 10.1. The molecular weight excluding hydrogens is 404 g/mol. The van der Waals surface area contributed by atoms with Crippen LogP contribution >= 0.6 is 0 Å². The van der Waals surface area contributed by atoms with E-state index in [1.54, 1.807) is 30.5 Å². The van der Waals surface area contributed by atoms with E-state index in [4.69, 9.17) is 15.2 Å². The molecule has 0 unspecified atom stereocenters. The van der Waals surface area contributed by atoms with Crippen LogP contribution < -0.4 is 20.5 Å². The van der Waals surface area contributed by atoms with Crippen molar-refractivity contribution in [3.05, 3.63) is 97.7 Å². The first-order chi connectivity index (χ1) is 15.6. The number of aromatic nitrogens is 2. The van der Waals surface area contributed by atoms with Crippen LogP contribution in [0.1, 0.15) is 0 Å². The van der Waals surface area contributed by atoms with Crippen LogP contribution in [0.15, 0.2) is 97.7 Å². The normalized spacial score (nSPS) is 10.2. The third-order valence-corrected chi connectivity index (χ3v) is 4.42. The van der Waals surface area contributed by atoms with Crippen LogP contribution in [0.25, 0.3) is 11.1 Å². The number of nitrogen functional groups attached to an aromatic ring is 1. The number of benzene rings is 3. The van der Waals surface area contributed by atoms with Crippen molar-refractivity contribution in [2.75, 3.05) is 11.1 Å². The molecular formula is C25H20N4O3. The van der Waals surface area contributed by atoms with Gasteiger partial charge in [0.15, 0.2) is 0 Å². The summed E-state index contributed by atoms with van der Waals surface area (Å²) in [6.07, 6.45) is 2.80. The van der Waals surface area contributed by atoms with Gasteiger partial charge in [0.05, 0.1) is 5.56 Å². The molecule has 0 atom stereocenters. The van der Waals surface area contributed by atoms with Gasteiger partial charge in [-0.2, -0.15) is 4.98 Å². The SMILES string of the molecule is C=CC(=O)Nc1cccc(Oc2nc(N)ncc2-c2ccc(Oc3ccccc3)cc2)c1. The number of nitrogens with two attached hydrogens (primary N) is 1. The minimum Gasteiger partial charge on any atom is -0.457 e. The van der Waals surface area contributed by atoms with Crippen molar-refractivity contribution in [3.63, 3.8) is 0 Å². The second-order valence-corrected chi connectivity index (χ2v) is 6.71. The molecule has 4 rings (SSSR count). The lowest BCUT2D eigenvalue weighted by Crippen LogP contribution is -2.07. The molecule has 0 fully saturated rings. The molecule has 3 aromatic carbocycles. The molecule has 3 N–H and O–H groups in total. The molecule has 0 saturated carbocycles. The summed E-state index contributed by atoms with van der Waals surface area (Å²) in [4.78, 5) is 19.9. The van der Waals surface area contributed by atoms with E-state index in [0.717, 1.165) is 11.3 Å². The van der Waals surface area contributed by atoms with E-state index in [1.165, 1.54) is 6.08 Å². The van der Waals surface area contributed by atoms with Crippen LogP contribution in [0.3, 0.4) is 0 Å². The summed E-state index contributed by atoms with van der Waals surface area (Å²) < 4.78 is 11.8. The Kier molecular flexibility index (Phi) is 6.08. The molecule has 0 aliphatic carbocycles. The molecule has 0 radical (unpaired) electrons. The van der Waals surface area contributed by atoms with Gasteiger partial charge < -0.3 is 20.5 Å². The molecule has 1 amide bonds. The Hall–Kier alpha value is -4.65. The first-order valence-corrected chi connectivity index (χ1v) is 9.78. The third kappa shape index (κ3) is 5.09. The lowest BCUT2D eigenvalue weighted by Gasteiger charge is -2.12. The maximum atomic E-state index is 11.6. The van der Waals surface area contributed by atoms with Gasteiger partial charge in [0.25, 0.3) is 0 Å². The zero-order valence-corrected chi connectivity index (χ0v) is 17.1. The fraction of sp³-hybridized carbons (Fsp3) is 0. The molecule has 0 aliphatic heterocycles. The first-order valence-electron chi connectivity index (χ1n) is 9.78. The van der Waals surface area contributed by atoms with Gasteiger partial charge in [0, 0.05) is 18.0 Å². The quantitative estimate of drug-likeness (QED) is 0.384. The highest BCUT2D eigenvalue weighted by molar-refractivity contribution is 5.98. The Morgan fingerprint density at radius 3 is 2.38 bits per heavy atom. The molecule has 158 valence electrons. The number of carbonyl (C=O) groups excluding carboxylic acids is 1. The minimum atomic E-state index is -0.313. The average Bonchev–Trinajstić information content (AvgIpc) is 2.81. The van der Waals surface area contributed by atoms with E-state index in [-0.39, 0.29) is 11.9 Å². The van der Waals surface area contributed by atoms with E-state index < -0.39 is 0 Å². The third-order valence-electron chi connectivity index (χ3n) is 4.42. The number of nitrogens with zero attached hydrogens (tertiary/aromatic N) is 2. The number of hydrogen-bond acceptors (Lipinski definition) is 6. The van der Waals surface area contributed by atoms with Crippen molar-refractivity contribution in [2.24, 2.45) is 0 Å². The molecule has 0 bridgehead atoms. The summed E-state index contributed by atoms with van der Waals surface area (Å²) in [5.74, 6) is 2.00. The Bertz CT molecular complexity index is 1240. The van der Waals surface area contributed by atoms with Gasteiger partial charge in [0.2, 0.25) is 17.7 Å². The van der Waals surface area contributed by atoms with Crippen molar-refractivity contribution in [2.45, 2.75) is 0 Å². The predicted octanol–water partition coefficient (Wildman–Crippen LogP) is 5.43. The van der Waals surface area contributed by atoms with Crippen molar-refractivity contribution in [3.8, 4) is 34.3 Å². The molecule has 7 nitrogen and oxygen atoms in total. The van der Waals surface area contributed by atoms with Crippen LogP contribution in [0.5, 0.6) is 23.1 Å². The summed E-state index contributed by atoms with van der Waals surface area (Å²) in [7, 11) is 0. The fourth-order valence-electron chi connectivity index (χ4n) is 2.92. The second kappa shape index (κ2) is 9.44. The number of carbonyl (C=O) groups is 1. The van der Waals surface area contributed by atoms with Crippen LogP contribution in [0.2, 0.25) is 0 Å². The fourth-order valence-corrected chi connectivity index (χ4v) is 2.92. The largest absolute Gasteiger partial charge is 0.457 e. The smallest absolute Gasteiger partial charge is 0.247 e. The summed E-state index contributed by atoms with van der Waals surface area (Å²) in [5, 5.41) is 2.69. The molecule has 4 aromatic rings. The van der Waals surface area contributed by atoms with Crippen molar-refractivity contribution in [1.82, 2.24) is 9.97 Å². The zero-order chi connectivity index (χ0) is 22.3. The van der Waals surface area contributed by atoms with Crippen molar-refractivity contribution in [1.29, 1.82) is 0 Å². The zero-order valence-electron chi connectivity index (χ0n) is 17.1. The van der Waals surface area contributed by atoms with Crippen LogP contribution in [0.4, 0.5) is 11.6 Å². The number of rotatable bonds is 7. The number of hydrogen-bond donors (Lipinski definition) is 2. The summed E-state index contributed by atoms with van der Waals surface area (Å²) in [6.45, 7) is 3.45. The number of para-hydroxylation sites is 1. The van der Waals surface area contributed by atoms with Gasteiger partial charge in [0.1, 0.15) is 17.2 Å². The van der Waals surface area contributed by atoms with Gasteiger partial charge in [-0.3, -0.25) is 4.79 Å².